The van der Waals surface area contributed by atoms with E-state index in [9.17, 15) is 19.2 Å². The van der Waals surface area contributed by atoms with Crippen LogP contribution in [0, 0.1) is 0 Å². The van der Waals surface area contributed by atoms with Crippen LogP contribution in [0.5, 0.6) is 0 Å². The maximum Gasteiger partial charge on any atom is 0.337 e. The summed E-state index contributed by atoms with van der Waals surface area (Å²) in [6, 6.07) is 25.3. The SMILES string of the molecule is CC(=O)N(C)[C@H]1CCN(C(=O)c2cnc3c(c2)CCC(c2ccccc2)N3)C1.CC(=O)N(C)[C@H]1CCNC1.Cl.Cl.O=C(O)c1cnc2c(c1)CCC(c1ccccc1)N2. The highest BCUT2D eigenvalue weighted by Crippen LogP contribution is 2.33. The molecule has 0 bridgehead atoms. The van der Waals surface area contributed by atoms with Crippen molar-refractivity contribution in [1.82, 2.24) is 30.0 Å². The lowest BCUT2D eigenvalue weighted by Gasteiger charge is -2.27. The van der Waals surface area contributed by atoms with Crippen LogP contribution in [0.2, 0.25) is 0 Å². The van der Waals surface area contributed by atoms with Crippen LogP contribution in [0.1, 0.15) is 94.6 Å². The number of likely N-dealkylation sites (tertiary alicyclic amines) is 1. The number of rotatable bonds is 6. The van der Waals surface area contributed by atoms with Gasteiger partial charge >= 0.3 is 5.97 Å². The molecule has 2 fully saturated rings. The Hall–Kier alpha value is -5.24. The molecule has 8 rings (SSSR count). The van der Waals surface area contributed by atoms with Gasteiger partial charge in [-0.25, -0.2) is 14.8 Å². The Morgan fingerprint density at radius 1 is 0.695 bits per heavy atom. The lowest BCUT2D eigenvalue weighted by atomic mass is 9.94. The molecule has 2 saturated heterocycles. The number of amides is 3. The van der Waals surface area contributed by atoms with Crippen molar-refractivity contribution in [2.75, 3.05) is 50.9 Å². The number of benzene rings is 2. The van der Waals surface area contributed by atoms with Crippen molar-refractivity contribution in [2.45, 2.75) is 76.5 Å². The maximum absolute atomic E-state index is 12.9. The van der Waals surface area contributed by atoms with E-state index in [2.05, 4.69) is 62.3 Å². The fourth-order valence-corrected chi connectivity index (χ4v) is 7.75. The highest BCUT2D eigenvalue weighted by atomic mass is 35.5. The Kier molecular flexibility index (Phi) is 17.1. The van der Waals surface area contributed by atoms with Crippen molar-refractivity contribution >= 4 is 60.1 Å². The van der Waals surface area contributed by atoms with Gasteiger partial charge in [0.1, 0.15) is 11.6 Å². The van der Waals surface area contributed by atoms with E-state index in [4.69, 9.17) is 5.11 Å². The first-order valence-electron chi connectivity index (χ1n) is 19.8. The number of aromatic carboxylic acids is 1. The molecule has 0 aliphatic carbocycles. The number of aromatic nitrogens is 2. The van der Waals surface area contributed by atoms with E-state index in [1.54, 1.807) is 43.0 Å². The summed E-state index contributed by atoms with van der Waals surface area (Å²) >= 11 is 0. The third kappa shape index (κ3) is 11.9. The van der Waals surface area contributed by atoms with Crippen molar-refractivity contribution in [1.29, 1.82) is 0 Å². The average Bonchev–Trinajstić information content (AvgIpc) is 3.97. The van der Waals surface area contributed by atoms with Gasteiger partial charge in [-0.15, -0.1) is 24.8 Å². The zero-order chi connectivity index (χ0) is 40.5. The Morgan fingerprint density at radius 2 is 1.19 bits per heavy atom. The number of carbonyl (C=O) groups is 4. The average molecular weight is 848 g/mol. The van der Waals surface area contributed by atoms with Crippen molar-refractivity contribution in [2.24, 2.45) is 0 Å². The van der Waals surface area contributed by atoms with Gasteiger partial charge in [0, 0.05) is 66.0 Å². The number of nitrogens with zero attached hydrogens (tertiary/aromatic N) is 5. The van der Waals surface area contributed by atoms with Crippen LogP contribution in [0.25, 0.3) is 0 Å². The highest BCUT2D eigenvalue weighted by molar-refractivity contribution is 5.95. The normalized spacial score (nSPS) is 19.8. The summed E-state index contributed by atoms with van der Waals surface area (Å²) in [6.45, 7) is 6.43. The molecule has 4 atom stereocenters. The molecule has 4 aliphatic rings. The molecule has 0 radical (unpaired) electrons. The smallest absolute Gasteiger partial charge is 0.337 e. The molecular formula is C44H56Cl2N8O5. The van der Waals surface area contributed by atoms with Gasteiger partial charge in [-0.2, -0.15) is 0 Å². The summed E-state index contributed by atoms with van der Waals surface area (Å²) in [5.74, 6) is 0.931. The number of carboxylic acids is 1. The zero-order valence-corrected chi connectivity index (χ0v) is 35.7. The van der Waals surface area contributed by atoms with E-state index in [1.807, 2.05) is 42.3 Å². The van der Waals surface area contributed by atoms with E-state index < -0.39 is 5.97 Å². The molecule has 15 heteroatoms. The molecular weight excluding hydrogens is 791 g/mol. The number of fused-ring (bicyclic) bond motifs is 2. The molecule has 59 heavy (non-hydrogen) atoms. The van der Waals surface area contributed by atoms with Crippen LogP contribution in [-0.2, 0) is 22.4 Å². The Morgan fingerprint density at radius 3 is 1.66 bits per heavy atom. The Bertz CT molecular complexity index is 2040. The molecule has 2 unspecified atom stereocenters. The van der Waals surface area contributed by atoms with Crippen LogP contribution in [0.4, 0.5) is 11.6 Å². The number of pyridine rings is 2. The number of halogens is 2. The number of nitrogens with one attached hydrogen (secondary N) is 3. The maximum atomic E-state index is 12.9. The molecule has 6 heterocycles. The van der Waals surface area contributed by atoms with Crippen LogP contribution >= 0.6 is 24.8 Å². The third-order valence-corrected chi connectivity index (χ3v) is 11.4. The van der Waals surface area contributed by atoms with Gasteiger partial charge in [0.2, 0.25) is 11.8 Å². The van der Waals surface area contributed by atoms with E-state index >= 15 is 0 Å². The fraction of sp³-hybridized carbons (Fsp3) is 0.409. The van der Waals surface area contributed by atoms with Gasteiger partial charge in [-0.3, -0.25) is 14.4 Å². The summed E-state index contributed by atoms with van der Waals surface area (Å²) in [5.41, 5.74) is 5.44. The summed E-state index contributed by atoms with van der Waals surface area (Å²) in [7, 11) is 3.66. The highest BCUT2D eigenvalue weighted by Gasteiger charge is 2.31. The molecule has 4 aliphatic heterocycles. The molecule has 2 aromatic carbocycles. The number of carbonyl (C=O) groups excluding carboxylic acids is 3. The molecule has 4 aromatic rings. The summed E-state index contributed by atoms with van der Waals surface area (Å²) in [5, 5.41) is 19.0. The predicted octanol–water partition coefficient (Wildman–Crippen LogP) is 6.42. The third-order valence-electron chi connectivity index (χ3n) is 11.4. The molecule has 0 spiro atoms. The van der Waals surface area contributed by atoms with E-state index in [0.29, 0.717) is 24.7 Å². The molecule has 0 saturated carbocycles. The van der Waals surface area contributed by atoms with Gasteiger partial charge in [0.25, 0.3) is 5.91 Å². The van der Waals surface area contributed by atoms with Crippen LogP contribution in [-0.4, -0.2) is 106 Å². The molecule has 3 amide bonds. The topological polar surface area (TPSA) is 160 Å². The van der Waals surface area contributed by atoms with E-state index in [-0.39, 0.29) is 66.2 Å². The minimum Gasteiger partial charge on any atom is -0.478 e. The monoisotopic (exact) mass is 846 g/mol. The summed E-state index contributed by atoms with van der Waals surface area (Å²) in [4.78, 5) is 60.4. The van der Waals surface area contributed by atoms with Gasteiger partial charge < -0.3 is 35.8 Å². The van der Waals surface area contributed by atoms with Crippen molar-refractivity contribution in [3.8, 4) is 0 Å². The standard InChI is InChI=1S/C22H26N4O2.C15H14N2O2.C7H14N2O.2ClH/c1-15(27)25(2)19-10-11-26(14-19)22(28)18-12-17-8-9-20(24-21(17)23-13-18)16-6-4-3-5-7-16;18-15(19)12-8-11-6-7-13(17-14(11)16-9-12)10-4-2-1-3-5-10;1-6(10)9(2)7-3-4-8-5-7;;/h3-7,12-13,19-20H,8-11,14H2,1-2H3,(H,23,24);1-5,8-9,13H,6-7H2,(H,16,17)(H,18,19);7-8H,3-5H2,1-2H3;2*1H/t19-,20?;;7-;;/m0.0../s1. The van der Waals surface area contributed by atoms with Gasteiger partial charge in [-0.05, 0) is 79.5 Å². The molecule has 4 N–H and O–H groups in total. The fourth-order valence-electron chi connectivity index (χ4n) is 7.75. The number of hydrogen-bond acceptors (Lipinski definition) is 9. The summed E-state index contributed by atoms with van der Waals surface area (Å²) in [6.07, 6.45) is 8.65. The molecule has 13 nitrogen and oxygen atoms in total. The van der Waals surface area contributed by atoms with Crippen molar-refractivity contribution < 1.29 is 24.3 Å². The molecule has 2 aromatic heterocycles. The second-order valence-corrected chi connectivity index (χ2v) is 15.2. The van der Waals surface area contributed by atoms with E-state index in [0.717, 1.165) is 74.4 Å². The first-order chi connectivity index (χ1) is 27.5. The second kappa shape index (κ2) is 21.7. The first kappa shape index (κ1) is 46.4. The van der Waals surface area contributed by atoms with Gasteiger partial charge in [0.15, 0.2) is 0 Å². The Balaban J connectivity index is 0.000000214. The van der Waals surface area contributed by atoms with Crippen molar-refractivity contribution in [3.05, 3.63) is 119 Å². The largest absolute Gasteiger partial charge is 0.478 e. The molecule has 316 valence electrons. The Labute approximate surface area is 359 Å². The van der Waals surface area contributed by atoms with Crippen molar-refractivity contribution in [3.63, 3.8) is 0 Å². The number of carboxylic acid groups (broad SMARTS) is 1. The summed E-state index contributed by atoms with van der Waals surface area (Å²) < 4.78 is 0. The second-order valence-electron chi connectivity index (χ2n) is 15.2. The lowest BCUT2D eigenvalue weighted by molar-refractivity contribution is -0.130. The van der Waals surface area contributed by atoms with Gasteiger partial charge in [-0.1, -0.05) is 60.7 Å². The first-order valence-corrected chi connectivity index (χ1v) is 19.8. The van der Waals surface area contributed by atoms with Crippen LogP contribution in [0.3, 0.4) is 0 Å². The van der Waals surface area contributed by atoms with Crippen LogP contribution < -0.4 is 16.0 Å². The zero-order valence-electron chi connectivity index (χ0n) is 34.1. The van der Waals surface area contributed by atoms with E-state index in [1.165, 1.54) is 17.3 Å². The van der Waals surface area contributed by atoms with Gasteiger partial charge in [0.05, 0.1) is 29.3 Å². The number of anilines is 2. The predicted molar refractivity (Wildman–Crippen MR) is 235 cm³/mol. The number of hydrogen-bond donors (Lipinski definition) is 4. The quantitative estimate of drug-likeness (QED) is 0.171. The minimum absolute atomic E-state index is 0. The minimum atomic E-state index is -0.930. The number of aryl methyl sites for hydroxylation is 2. The van der Waals surface area contributed by atoms with Crippen LogP contribution in [0.15, 0.2) is 85.2 Å². The number of likely N-dealkylation sites (N-methyl/N-ethyl adjacent to an activating group) is 2. The lowest BCUT2D eigenvalue weighted by Crippen LogP contribution is -2.39.